The smallest absolute Gasteiger partial charge is 0.302 e. The van der Waals surface area contributed by atoms with Crippen molar-refractivity contribution in [2.24, 2.45) is 11.3 Å². The van der Waals surface area contributed by atoms with E-state index >= 15 is 0 Å². The summed E-state index contributed by atoms with van der Waals surface area (Å²) in [5.74, 6) is -0.0125. The molecule has 0 spiro atoms. The van der Waals surface area contributed by atoms with Crippen molar-refractivity contribution in [2.45, 2.75) is 38.5 Å². The molecule has 0 aromatic carbocycles. The zero-order valence-corrected chi connectivity index (χ0v) is 12.2. The maximum Gasteiger partial charge on any atom is 0.302 e. The first kappa shape index (κ1) is 12.6. The first-order chi connectivity index (χ1) is 7.67. The van der Waals surface area contributed by atoms with Gasteiger partial charge in [0.25, 0.3) is 0 Å². The van der Waals surface area contributed by atoms with Crippen LogP contribution in [-0.4, -0.2) is 26.4 Å². The van der Waals surface area contributed by atoms with Crippen molar-refractivity contribution >= 4 is 19.8 Å². The first-order valence-electron chi connectivity index (χ1n) is 6.03. The molecule has 4 heteroatoms. The molecule has 17 heavy (non-hydrogen) atoms. The molecule has 3 nitrogen and oxygen atoms in total. The van der Waals surface area contributed by atoms with E-state index < -0.39 is 8.07 Å². The monoisotopic (exact) mass is 252 g/mol. The van der Waals surface area contributed by atoms with E-state index in [1.165, 1.54) is 6.92 Å². The summed E-state index contributed by atoms with van der Waals surface area (Å²) in [4.78, 5) is 22.9. The third-order valence-electron chi connectivity index (χ3n) is 4.57. The van der Waals surface area contributed by atoms with Crippen molar-refractivity contribution in [1.29, 1.82) is 0 Å². The molecule has 0 N–H and O–H groups in total. The van der Waals surface area contributed by atoms with Crippen LogP contribution in [0.1, 0.15) is 13.8 Å². The number of ether oxygens (including phenoxy) is 1. The van der Waals surface area contributed by atoms with Crippen LogP contribution in [-0.2, 0) is 14.3 Å². The maximum absolute atomic E-state index is 11.9. The Hall–Kier alpha value is -0.903. The topological polar surface area (TPSA) is 43.4 Å². The molecular formula is C13H20O3Si. The number of ketones is 1. The van der Waals surface area contributed by atoms with E-state index in [9.17, 15) is 9.59 Å². The van der Waals surface area contributed by atoms with Gasteiger partial charge in [0.1, 0.15) is 0 Å². The average Bonchev–Trinajstić information content (AvgIpc) is 2.49. The van der Waals surface area contributed by atoms with E-state index in [4.69, 9.17) is 4.74 Å². The molecule has 1 saturated carbocycles. The van der Waals surface area contributed by atoms with Gasteiger partial charge in [-0.05, 0) is 6.08 Å². The van der Waals surface area contributed by atoms with Gasteiger partial charge in [0.15, 0.2) is 5.78 Å². The minimum Gasteiger partial charge on any atom is -0.465 e. The van der Waals surface area contributed by atoms with E-state index in [1.54, 1.807) is 6.08 Å². The summed E-state index contributed by atoms with van der Waals surface area (Å²) in [5, 5.41) is -0.00741. The van der Waals surface area contributed by atoms with E-state index in [0.29, 0.717) is 6.61 Å². The van der Waals surface area contributed by atoms with Gasteiger partial charge in [-0.1, -0.05) is 32.6 Å². The van der Waals surface area contributed by atoms with E-state index in [-0.39, 0.29) is 28.1 Å². The molecule has 2 rings (SSSR count). The number of carbonyl (C=O) groups excluding carboxylic acids is 2. The van der Waals surface area contributed by atoms with Gasteiger partial charge >= 0.3 is 5.97 Å². The van der Waals surface area contributed by atoms with Crippen molar-refractivity contribution in [3.63, 3.8) is 0 Å². The van der Waals surface area contributed by atoms with Gasteiger partial charge in [-0.2, -0.15) is 0 Å². The Morgan fingerprint density at radius 3 is 2.47 bits per heavy atom. The molecule has 2 aliphatic rings. The predicted octanol–water partition coefficient (Wildman–Crippen LogP) is 2.40. The van der Waals surface area contributed by atoms with Crippen molar-refractivity contribution in [2.75, 3.05) is 6.61 Å². The SMILES string of the molecule is CC(=O)OCC1(C)C2C(=O)C=C[C@]21[Si](C)(C)C. The molecule has 3 atom stereocenters. The third kappa shape index (κ3) is 1.39. The normalized spacial score (nSPS) is 39.1. The Balaban J connectivity index is 2.30. The fourth-order valence-corrected chi connectivity index (χ4v) is 7.61. The van der Waals surface area contributed by atoms with E-state index in [2.05, 4.69) is 32.6 Å². The Labute approximate surface area is 103 Å². The molecule has 2 unspecified atom stereocenters. The molecule has 1 fully saturated rings. The van der Waals surface area contributed by atoms with Crippen molar-refractivity contribution in [1.82, 2.24) is 0 Å². The van der Waals surface area contributed by atoms with Gasteiger partial charge in [-0.15, -0.1) is 0 Å². The molecule has 94 valence electrons. The van der Waals surface area contributed by atoms with Crippen LogP contribution in [0.4, 0.5) is 0 Å². The lowest BCUT2D eigenvalue weighted by Crippen LogP contribution is -2.33. The summed E-state index contributed by atoms with van der Waals surface area (Å²) in [6.45, 7) is 10.7. The van der Waals surface area contributed by atoms with Gasteiger partial charge in [-0.25, -0.2) is 0 Å². The number of esters is 1. The largest absolute Gasteiger partial charge is 0.465 e. The second-order valence-electron chi connectivity index (χ2n) is 6.49. The van der Waals surface area contributed by atoms with E-state index in [1.807, 2.05) is 0 Å². The summed E-state index contributed by atoms with van der Waals surface area (Å²) < 4.78 is 5.17. The number of carbonyl (C=O) groups is 2. The highest BCUT2D eigenvalue weighted by atomic mass is 28.3. The van der Waals surface area contributed by atoms with Crippen molar-refractivity contribution < 1.29 is 14.3 Å². The highest BCUT2D eigenvalue weighted by molar-refractivity contribution is 6.81. The van der Waals surface area contributed by atoms with Crippen LogP contribution in [0.2, 0.25) is 24.7 Å². The van der Waals surface area contributed by atoms with Crippen LogP contribution in [0.5, 0.6) is 0 Å². The summed E-state index contributed by atoms with van der Waals surface area (Å²) in [7, 11) is -1.52. The average molecular weight is 252 g/mol. The fourth-order valence-electron chi connectivity index (χ4n) is 3.84. The minimum atomic E-state index is -1.52. The number of fused-ring (bicyclic) bond motifs is 1. The maximum atomic E-state index is 11.9. The zero-order chi connectivity index (χ0) is 13.1. The van der Waals surface area contributed by atoms with Crippen LogP contribution in [0, 0.1) is 11.3 Å². The quantitative estimate of drug-likeness (QED) is 0.572. The Morgan fingerprint density at radius 2 is 2.06 bits per heavy atom. The molecule has 2 aliphatic carbocycles. The summed E-state index contributed by atoms with van der Waals surface area (Å²) in [5.41, 5.74) is -0.172. The van der Waals surface area contributed by atoms with Gasteiger partial charge in [0, 0.05) is 23.3 Å². The highest BCUT2D eigenvalue weighted by Gasteiger charge is 2.81. The van der Waals surface area contributed by atoms with Crippen molar-refractivity contribution in [3.05, 3.63) is 12.2 Å². The summed E-state index contributed by atoms with van der Waals surface area (Å²) >= 11 is 0. The first-order valence-corrected chi connectivity index (χ1v) is 9.53. The Morgan fingerprint density at radius 1 is 1.47 bits per heavy atom. The summed E-state index contributed by atoms with van der Waals surface area (Å²) in [6.07, 6.45) is 3.81. The Bertz CT molecular complexity index is 421. The van der Waals surface area contributed by atoms with E-state index in [0.717, 1.165) is 0 Å². The molecule has 0 aromatic rings. The molecule has 0 aliphatic heterocycles. The lowest BCUT2D eigenvalue weighted by molar-refractivity contribution is -0.143. The van der Waals surface area contributed by atoms with Gasteiger partial charge in [0.05, 0.1) is 14.7 Å². The van der Waals surface area contributed by atoms with Crippen LogP contribution in [0.3, 0.4) is 0 Å². The van der Waals surface area contributed by atoms with Crippen LogP contribution < -0.4 is 0 Å². The number of hydrogen-bond acceptors (Lipinski definition) is 3. The van der Waals surface area contributed by atoms with Gasteiger partial charge in [0.2, 0.25) is 0 Å². The highest BCUT2D eigenvalue weighted by Crippen LogP contribution is 2.82. The second-order valence-corrected chi connectivity index (χ2v) is 11.8. The number of allylic oxidation sites excluding steroid dienone is 2. The molecule has 0 bridgehead atoms. The van der Waals surface area contributed by atoms with Crippen LogP contribution >= 0.6 is 0 Å². The molecule has 0 saturated heterocycles. The predicted molar refractivity (Wildman–Crippen MR) is 68.4 cm³/mol. The van der Waals surface area contributed by atoms with Crippen LogP contribution in [0.15, 0.2) is 12.2 Å². The minimum absolute atomic E-state index is 0.00741. The molecule has 0 heterocycles. The van der Waals surface area contributed by atoms with Gasteiger partial charge < -0.3 is 4.74 Å². The van der Waals surface area contributed by atoms with Crippen LogP contribution in [0.25, 0.3) is 0 Å². The third-order valence-corrected chi connectivity index (χ3v) is 8.07. The van der Waals surface area contributed by atoms with Crippen molar-refractivity contribution in [3.8, 4) is 0 Å². The molecule has 0 radical (unpaired) electrons. The zero-order valence-electron chi connectivity index (χ0n) is 11.2. The van der Waals surface area contributed by atoms with Gasteiger partial charge in [-0.3, -0.25) is 9.59 Å². The Kier molecular flexibility index (Phi) is 2.45. The standard InChI is InChI=1S/C13H20O3Si/c1-9(14)16-8-12(2)11-10(15)6-7-13(11,12)17(3,4)5/h6-7,11H,8H2,1-5H3/t11?,12?,13-/m0/s1. The fraction of sp³-hybridized carbons (Fsp3) is 0.692. The summed E-state index contributed by atoms with van der Waals surface area (Å²) in [6, 6.07) is 0. The second kappa shape index (κ2) is 3.31. The number of hydrogen-bond donors (Lipinski definition) is 0. The number of rotatable bonds is 3. The molecule has 0 amide bonds. The molecular weight excluding hydrogens is 232 g/mol. The lowest BCUT2D eigenvalue weighted by Gasteiger charge is -2.30. The lowest BCUT2D eigenvalue weighted by atomic mass is 10.0. The molecule has 0 aromatic heterocycles.